The number of aromatic nitrogens is 4. The molecule has 11 heteroatoms. The molecule has 166 valence electrons. The largest absolute Gasteiger partial charge is 0.373 e. The van der Waals surface area contributed by atoms with Gasteiger partial charge in [0.05, 0.1) is 31.9 Å². The Morgan fingerprint density at radius 2 is 2.09 bits per heavy atom. The maximum atomic E-state index is 13.2. The molecule has 2 aliphatic heterocycles. The minimum Gasteiger partial charge on any atom is -0.373 e. The SMILES string of the molecule is CNc1cc(Nc2cccc(N3CC4(CCO4)C3)n2)nc2c(C(=O)N[C@H]3C[C@H]3F)cnn12. The molecular formula is C21H23FN8O2. The first-order valence-electron chi connectivity index (χ1n) is 10.7. The molecule has 10 nitrogen and oxygen atoms in total. The first kappa shape index (κ1) is 19.2. The van der Waals surface area contributed by atoms with Crippen LogP contribution < -0.4 is 20.9 Å². The van der Waals surface area contributed by atoms with E-state index in [1.54, 1.807) is 17.6 Å². The van der Waals surface area contributed by atoms with E-state index in [4.69, 9.17) is 9.72 Å². The van der Waals surface area contributed by atoms with Crippen molar-refractivity contribution in [3.63, 3.8) is 0 Å². The van der Waals surface area contributed by atoms with E-state index in [-0.39, 0.29) is 17.1 Å². The summed E-state index contributed by atoms with van der Waals surface area (Å²) < 4.78 is 20.4. The lowest BCUT2D eigenvalue weighted by molar-refractivity contribution is -0.161. The fraction of sp³-hybridized carbons (Fsp3) is 0.429. The van der Waals surface area contributed by atoms with Crippen LogP contribution in [0.1, 0.15) is 23.2 Å². The van der Waals surface area contributed by atoms with Gasteiger partial charge in [0.2, 0.25) is 0 Å². The Balaban J connectivity index is 1.26. The van der Waals surface area contributed by atoms with E-state index < -0.39 is 12.2 Å². The van der Waals surface area contributed by atoms with Crippen molar-refractivity contribution in [3.8, 4) is 0 Å². The smallest absolute Gasteiger partial charge is 0.257 e. The lowest BCUT2D eigenvalue weighted by Gasteiger charge is -2.55. The average Bonchev–Trinajstić information content (AvgIpc) is 3.23. The fourth-order valence-electron chi connectivity index (χ4n) is 4.18. The van der Waals surface area contributed by atoms with Crippen LogP contribution in [0.25, 0.3) is 5.65 Å². The molecule has 32 heavy (non-hydrogen) atoms. The quantitative estimate of drug-likeness (QED) is 0.534. The highest BCUT2D eigenvalue weighted by atomic mass is 19.1. The Morgan fingerprint density at radius 3 is 2.78 bits per heavy atom. The van der Waals surface area contributed by atoms with Crippen LogP contribution in [-0.4, -0.2) is 70.0 Å². The third kappa shape index (κ3) is 3.20. The van der Waals surface area contributed by atoms with Gasteiger partial charge < -0.3 is 25.6 Å². The molecule has 2 atom stereocenters. The zero-order valence-corrected chi connectivity index (χ0v) is 17.5. The summed E-state index contributed by atoms with van der Waals surface area (Å²) in [6, 6.07) is 7.13. The van der Waals surface area contributed by atoms with Gasteiger partial charge in [0, 0.05) is 26.0 Å². The Labute approximate surface area is 183 Å². The van der Waals surface area contributed by atoms with Gasteiger partial charge in [-0.3, -0.25) is 4.79 Å². The number of hydrogen-bond donors (Lipinski definition) is 3. The zero-order chi connectivity index (χ0) is 21.9. The van der Waals surface area contributed by atoms with Crippen LogP contribution in [-0.2, 0) is 4.74 Å². The number of anilines is 4. The predicted octanol–water partition coefficient (Wildman–Crippen LogP) is 1.73. The van der Waals surface area contributed by atoms with Crippen molar-refractivity contribution in [2.45, 2.75) is 30.7 Å². The molecule has 0 unspecified atom stereocenters. The Bertz CT molecular complexity index is 1200. The number of hydrogen-bond acceptors (Lipinski definition) is 8. The van der Waals surface area contributed by atoms with Crippen LogP contribution in [0.15, 0.2) is 30.5 Å². The monoisotopic (exact) mass is 438 g/mol. The molecule has 0 radical (unpaired) electrons. The van der Waals surface area contributed by atoms with Crippen molar-refractivity contribution in [1.82, 2.24) is 24.9 Å². The third-order valence-corrected chi connectivity index (χ3v) is 6.24. The fourth-order valence-corrected chi connectivity index (χ4v) is 4.18. The molecule has 3 fully saturated rings. The lowest BCUT2D eigenvalue weighted by Crippen LogP contribution is -2.68. The lowest BCUT2D eigenvalue weighted by atomic mass is 9.86. The molecule has 0 aromatic carbocycles. The van der Waals surface area contributed by atoms with Crippen LogP contribution in [0.5, 0.6) is 0 Å². The predicted molar refractivity (Wildman–Crippen MR) is 116 cm³/mol. The molecule has 5 heterocycles. The Kier molecular flexibility index (Phi) is 4.22. The third-order valence-electron chi connectivity index (χ3n) is 6.24. The second-order valence-electron chi connectivity index (χ2n) is 8.55. The van der Waals surface area contributed by atoms with Crippen molar-refractivity contribution >= 4 is 34.8 Å². The highest BCUT2D eigenvalue weighted by molar-refractivity contribution is 6.00. The van der Waals surface area contributed by atoms with Crippen LogP contribution >= 0.6 is 0 Å². The highest BCUT2D eigenvalue weighted by Crippen LogP contribution is 2.38. The number of nitrogens with one attached hydrogen (secondary N) is 3. The highest BCUT2D eigenvalue weighted by Gasteiger charge is 2.49. The summed E-state index contributed by atoms with van der Waals surface area (Å²) in [5.74, 6) is 2.29. The number of amides is 1. The molecular weight excluding hydrogens is 415 g/mol. The number of carbonyl (C=O) groups excluding carboxylic acids is 1. The van der Waals surface area contributed by atoms with Gasteiger partial charge in [-0.25, -0.2) is 14.4 Å². The molecule has 1 amide bonds. The first-order valence-corrected chi connectivity index (χ1v) is 10.7. The number of halogens is 1. The van der Waals surface area contributed by atoms with E-state index >= 15 is 0 Å². The molecule has 0 bridgehead atoms. The van der Waals surface area contributed by atoms with Crippen LogP contribution in [0.3, 0.4) is 0 Å². The topological polar surface area (TPSA) is 109 Å². The summed E-state index contributed by atoms with van der Waals surface area (Å²) in [4.78, 5) is 24.1. The van der Waals surface area contributed by atoms with E-state index in [1.165, 1.54) is 6.20 Å². The molecule has 3 aromatic rings. The summed E-state index contributed by atoms with van der Waals surface area (Å²) in [6.07, 6.45) is 1.92. The van der Waals surface area contributed by atoms with Crippen LogP contribution in [0.4, 0.5) is 27.7 Å². The van der Waals surface area contributed by atoms with Gasteiger partial charge in [0.15, 0.2) is 5.65 Å². The number of alkyl halides is 1. The maximum absolute atomic E-state index is 13.2. The van der Waals surface area contributed by atoms with E-state index in [2.05, 4.69) is 30.9 Å². The summed E-state index contributed by atoms with van der Waals surface area (Å²) in [5, 5.41) is 13.2. The number of nitrogens with zero attached hydrogens (tertiary/aromatic N) is 5. The van der Waals surface area contributed by atoms with Crippen molar-refractivity contribution in [2.75, 3.05) is 42.3 Å². The van der Waals surface area contributed by atoms with E-state index in [0.29, 0.717) is 29.5 Å². The minimum atomic E-state index is -0.977. The number of pyridine rings is 1. The van der Waals surface area contributed by atoms with Gasteiger partial charge >= 0.3 is 0 Å². The van der Waals surface area contributed by atoms with E-state index in [9.17, 15) is 9.18 Å². The molecule has 2 saturated heterocycles. The van der Waals surface area contributed by atoms with Gasteiger partial charge in [-0.1, -0.05) is 6.07 Å². The number of rotatable bonds is 6. The molecule has 1 saturated carbocycles. The summed E-state index contributed by atoms with van der Waals surface area (Å²) in [6.45, 7) is 2.55. The molecule has 3 aliphatic rings. The van der Waals surface area contributed by atoms with Gasteiger partial charge in [-0.15, -0.1) is 0 Å². The second kappa shape index (κ2) is 7.02. The van der Waals surface area contributed by atoms with Gasteiger partial charge in [0.1, 0.15) is 40.6 Å². The minimum absolute atomic E-state index is 0.0288. The van der Waals surface area contributed by atoms with Gasteiger partial charge in [0.25, 0.3) is 5.91 Å². The van der Waals surface area contributed by atoms with Crippen molar-refractivity contribution in [2.24, 2.45) is 0 Å². The number of ether oxygens (including phenoxy) is 1. The van der Waals surface area contributed by atoms with E-state index in [1.807, 2.05) is 18.2 Å². The summed E-state index contributed by atoms with van der Waals surface area (Å²) >= 11 is 0. The van der Waals surface area contributed by atoms with Gasteiger partial charge in [-0.2, -0.15) is 9.61 Å². The standard InChI is InChI=1S/C21H23FN8O2/c1-23-18-8-16(28-19-12(9-24-30(18)19)20(31)25-14-7-13(14)22)26-15-3-2-4-17(27-15)29-10-21(11-29)5-6-32-21/h2-4,8-9,13-14,23H,5-7,10-11H2,1H3,(H,25,31)(H,26,27,28)/t13-,14+/m1/s1. The van der Waals surface area contributed by atoms with Crippen molar-refractivity contribution in [1.29, 1.82) is 0 Å². The zero-order valence-electron chi connectivity index (χ0n) is 17.5. The Morgan fingerprint density at radius 1 is 1.28 bits per heavy atom. The van der Waals surface area contributed by atoms with Gasteiger partial charge in [-0.05, 0) is 12.1 Å². The molecule has 1 aliphatic carbocycles. The first-order chi connectivity index (χ1) is 15.5. The normalized spacial score (nSPS) is 22.9. The number of fused-ring (bicyclic) bond motifs is 1. The number of carbonyl (C=O) groups is 1. The Hall–Kier alpha value is -3.47. The maximum Gasteiger partial charge on any atom is 0.257 e. The molecule has 1 spiro atoms. The van der Waals surface area contributed by atoms with Crippen molar-refractivity contribution in [3.05, 3.63) is 36.0 Å². The summed E-state index contributed by atoms with van der Waals surface area (Å²) in [7, 11) is 1.76. The molecule has 3 N–H and O–H groups in total. The average molecular weight is 438 g/mol. The molecule has 6 rings (SSSR count). The molecule has 3 aromatic heterocycles. The van der Waals surface area contributed by atoms with E-state index in [0.717, 1.165) is 31.9 Å². The summed E-state index contributed by atoms with van der Waals surface area (Å²) in [5.41, 5.74) is 0.689. The van der Waals surface area contributed by atoms with Crippen LogP contribution in [0.2, 0.25) is 0 Å². The van der Waals surface area contributed by atoms with Crippen LogP contribution in [0, 0.1) is 0 Å². The van der Waals surface area contributed by atoms with Crippen molar-refractivity contribution < 1.29 is 13.9 Å². The second-order valence-corrected chi connectivity index (χ2v) is 8.55.